The van der Waals surface area contributed by atoms with Crippen molar-refractivity contribution in [2.24, 2.45) is 5.41 Å². The Kier molecular flexibility index (Phi) is 5.97. The summed E-state index contributed by atoms with van der Waals surface area (Å²) in [5, 5.41) is 2.75. The highest BCUT2D eigenvalue weighted by molar-refractivity contribution is 7.91. The summed E-state index contributed by atoms with van der Waals surface area (Å²) in [5.74, 6) is -0.609. The fraction of sp³-hybridized carbons (Fsp3) is 0.857. The molecule has 1 heterocycles. The number of hydrogen-bond acceptors (Lipinski definition) is 5. The average Bonchev–Trinajstić information content (AvgIpc) is 2.76. The Labute approximate surface area is 132 Å². The molecule has 0 bridgehead atoms. The molecule has 1 atom stereocenters. The van der Waals surface area contributed by atoms with Gasteiger partial charge < -0.3 is 15.1 Å². The van der Waals surface area contributed by atoms with E-state index >= 15 is 0 Å². The second-order valence-corrected chi connectivity index (χ2v) is 8.89. The van der Waals surface area contributed by atoms with Crippen molar-refractivity contribution in [2.75, 3.05) is 45.7 Å². The van der Waals surface area contributed by atoms with E-state index in [0.29, 0.717) is 19.5 Å². The summed E-state index contributed by atoms with van der Waals surface area (Å²) in [5.41, 5.74) is -1.21. The number of nitrogens with one attached hydrogen (secondary N) is 1. The van der Waals surface area contributed by atoms with Gasteiger partial charge in [-0.15, -0.1) is 0 Å². The zero-order valence-electron chi connectivity index (χ0n) is 14.0. The second kappa shape index (κ2) is 6.95. The van der Waals surface area contributed by atoms with E-state index in [2.05, 4.69) is 5.32 Å². The van der Waals surface area contributed by atoms with Crippen molar-refractivity contribution in [1.82, 2.24) is 15.1 Å². The molecule has 8 heteroatoms. The molecule has 1 rings (SSSR count). The number of carbonyl (C=O) groups is 2. The van der Waals surface area contributed by atoms with Crippen LogP contribution in [0.4, 0.5) is 0 Å². The van der Waals surface area contributed by atoms with Gasteiger partial charge in [0.1, 0.15) is 5.41 Å². The molecule has 0 aliphatic carbocycles. The van der Waals surface area contributed by atoms with E-state index in [-0.39, 0.29) is 29.4 Å². The van der Waals surface area contributed by atoms with E-state index in [4.69, 9.17) is 0 Å². The Morgan fingerprint density at radius 2 is 1.82 bits per heavy atom. The van der Waals surface area contributed by atoms with Crippen LogP contribution in [0.5, 0.6) is 0 Å². The van der Waals surface area contributed by atoms with Crippen LogP contribution in [0.3, 0.4) is 0 Å². The third-order valence-electron chi connectivity index (χ3n) is 4.02. The molecular weight excluding hydrogens is 306 g/mol. The Balaban J connectivity index is 2.67. The summed E-state index contributed by atoms with van der Waals surface area (Å²) in [4.78, 5) is 28.1. The number of likely N-dealkylation sites (N-methyl/N-ethyl adjacent to an activating group) is 1. The van der Waals surface area contributed by atoms with Gasteiger partial charge in [0.05, 0.1) is 11.5 Å². The van der Waals surface area contributed by atoms with E-state index < -0.39 is 15.3 Å². The predicted molar refractivity (Wildman–Crippen MR) is 85.2 cm³/mol. The van der Waals surface area contributed by atoms with Gasteiger partial charge in [0, 0.05) is 26.2 Å². The van der Waals surface area contributed by atoms with Crippen molar-refractivity contribution in [3.8, 4) is 0 Å². The van der Waals surface area contributed by atoms with Crippen molar-refractivity contribution >= 4 is 21.7 Å². The predicted octanol–water partition coefficient (Wildman–Crippen LogP) is -0.664. The van der Waals surface area contributed by atoms with Crippen LogP contribution in [0.1, 0.15) is 20.3 Å². The lowest BCUT2D eigenvalue weighted by atomic mass is 9.89. The summed E-state index contributed by atoms with van der Waals surface area (Å²) >= 11 is 0. The smallest absolute Gasteiger partial charge is 0.237 e. The van der Waals surface area contributed by atoms with Gasteiger partial charge in [0.2, 0.25) is 11.8 Å². The normalized spacial score (nSPS) is 20.9. The van der Waals surface area contributed by atoms with E-state index in [0.717, 1.165) is 0 Å². The Morgan fingerprint density at radius 1 is 1.23 bits per heavy atom. The lowest BCUT2D eigenvalue weighted by Gasteiger charge is -2.31. The summed E-state index contributed by atoms with van der Waals surface area (Å²) in [7, 11) is 2.31. The first-order valence-corrected chi connectivity index (χ1v) is 9.20. The molecule has 0 saturated carbocycles. The lowest BCUT2D eigenvalue weighted by molar-refractivity contribution is -0.148. The summed E-state index contributed by atoms with van der Waals surface area (Å²) in [6.07, 6.45) is 0.433. The standard InChI is InChI=1S/C14H27N3O4S/c1-14(2,12(18)15-7-8-16(3)4)13(19)17(5)11-6-9-22(20,21)10-11/h11H,6-10H2,1-5H3,(H,15,18). The summed E-state index contributed by atoms with van der Waals surface area (Å²) in [6.45, 7) is 4.29. The van der Waals surface area contributed by atoms with Gasteiger partial charge in [-0.05, 0) is 34.4 Å². The Morgan fingerprint density at radius 3 is 2.27 bits per heavy atom. The molecular formula is C14H27N3O4S. The van der Waals surface area contributed by atoms with Gasteiger partial charge in [-0.25, -0.2) is 8.42 Å². The summed E-state index contributed by atoms with van der Waals surface area (Å²) < 4.78 is 23.1. The Hall–Kier alpha value is -1.15. The van der Waals surface area contributed by atoms with Crippen LogP contribution < -0.4 is 5.32 Å². The topological polar surface area (TPSA) is 86.8 Å². The minimum Gasteiger partial charge on any atom is -0.354 e. The SMILES string of the molecule is CN(C)CCNC(=O)C(C)(C)C(=O)N(C)C1CCS(=O)(=O)C1. The molecule has 1 aliphatic rings. The third kappa shape index (κ3) is 4.67. The highest BCUT2D eigenvalue weighted by atomic mass is 32.2. The number of sulfone groups is 1. The van der Waals surface area contributed by atoms with Crippen molar-refractivity contribution in [3.63, 3.8) is 0 Å². The molecule has 1 unspecified atom stereocenters. The minimum absolute atomic E-state index is 0.0203. The molecule has 2 amide bonds. The molecule has 1 saturated heterocycles. The molecule has 0 aromatic carbocycles. The van der Waals surface area contributed by atoms with Crippen molar-refractivity contribution in [1.29, 1.82) is 0 Å². The van der Waals surface area contributed by atoms with Gasteiger partial charge in [-0.1, -0.05) is 0 Å². The molecule has 0 aromatic heterocycles. The molecule has 1 fully saturated rings. The van der Waals surface area contributed by atoms with Crippen LogP contribution in [0.15, 0.2) is 0 Å². The first-order chi connectivity index (χ1) is 9.97. The maximum Gasteiger partial charge on any atom is 0.237 e. The largest absolute Gasteiger partial charge is 0.354 e. The first kappa shape index (κ1) is 18.9. The fourth-order valence-electron chi connectivity index (χ4n) is 2.40. The number of nitrogens with zero attached hydrogens (tertiary/aromatic N) is 2. The maximum absolute atomic E-state index is 12.6. The maximum atomic E-state index is 12.6. The van der Waals surface area contributed by atoms with Gasteiger partial charge in [0.25, 0.3) is 0 Å². The number of carbonyl (C=O) groups excluding carboxylic acids is 2. The van der Waals surface area contributed by atoms with E-state index in [1.165, 1.54) is 4.90 Å². The zero-order chi connectivity index (χ0) is 17.1. The van der Waals surface area contributed by atoms with Crippen LogP contribution in [-0.2, 0) is 19.4 Å². The minimum atomic E-state index is -3.06. The Bertz CT molecular complexity index is 528. The van der Waals surface area contributed by atoms with Gasteiger partial charge in [-0.2, -0.15) is 0 Å². The zero-order valence-corrected chi connectivity index (χ0v) is 14.9. The van der Waals surface area contributed by atoms with Crippen LogP contribution in [0.2, 0.25) is 0 Å². The average molecular weight is 333 g/mol. The molecule has 0 aromatic rings. The van der Waals surface area contributed by atoms with E-state index in [9.17, 15) is 18.0 Å². The third-order valence-corrected chi connectivity index (χ3v) is 5.77. The molecule has 0 radical (unpaired) electrons. The molecule has 1 N–H and O–H groups in total. The van der Waals surface area contributed by atoms with Gasteiger partial charge >= 0.3 is 0 Å². The number of rotatable bonds is 6. The quantitative estimate of drug-likeness (QED) is 0.652. The first-order valence-electron chi connectivity index (χ1n) is 7.38. The lowest BCUT2D eigenvalue weighted by Crippen LogP contribution is -2.52. The van der Waals surface area contributed by atoms with Crippen LogP contribution in [-0.4, -0.2) is 81.8 Å². The van der Waals surface area contributed by atoms with E-state index in [1.807, 2.05) is 19.0 Å². The highest BCUT2D eigenvalue weighted by Crippen LogP contribution is 2.24. The van der Waals surface area contributed by atoms with Gasteiger partial charge in [0.15, 0.2) is 9.84 Å². The monoisotopic (exact) mass is 333 g/mol. The molecule has 7 nitrogen and oxygen atoms in total. The van der Waals surface area contributed by atoms with Crippen LogP contribution in [0.25, 0.3) is 0 Å². The number of hydrogen-bond donors (Lipinski definition) is 1. The highest BCUT2D eigenvalue weighted by Gasteiger charge is 2.42. The molecule has 128 valence electrons. The molecule has 1 aliphatic heterocycles. The van der Waals surface area contributed by atoms with Crippen LogP contribution in [0, 0.1) is 5.41 Å². The summed E-state index contributed by atoms with van der Waals surface area (Å²) in [6, 6.07) is -0.341. The second-order valence-electron chi connectivity index (χ2n) is 6.66. The molecule has 22 heavy (non-hydrogen) atoms. The van der Waals surface area contributed by atoms with Crippen molar-refractivity contribution in [3.05, 3.63) is 0 Å². The van der Waals surface area contributed by atoms with Crippen LogP contribution >= 0.6 is 0 Å². The van der Waals surface area contributed by atoms with Crippen molar-refractivity contribution < 1.29 is 18.0 Å². The molecule has 0 spiro atoms. The van der Waals surface area contributed by atoms with Crippen molar-refractivity contribution in [2.45, 2.75) is 26.3 Å². The fourth-order valence-corrected chi connectivity index (χ4v) is 4.17. The number of amides is 2. The van der Waals surface area contributed by atoms with Gasteiger partial charge in [-0.3, -0.25) is 9.59 Å². The van der Waals surface area contributed by atoms with E-state index in [1.54, 1.807) is 20.9 Å².